The molecule has 0 radical (unpaired) electrons. The van der Waals surface area contributed by atoms with Crippen LogP contribution in [0.4, 0.5) is 11.6 Å². The monoisotopic (exact) mass is 391 g/mol. The molecule has 0 spiro atoms. The van der Waals surface area contributed by atoms with E-state index in [1.807, 2.05) is 30.3 Å². The molecule has 0 aliphatic carbocycles. The summed E-state index contributed by atoms with van der Waals surface area (Å²) in [4.78, 5) is 19.7. The Labute approximate surface area is 160 Å². The highest BCUT2D eigenvalue weighted by Crippen LogP contribution is 2.23. The van der Waals surface area contributed by atoms with Crippen LogP contribution in [0.15, 0.2) is 36.4 Å². The smallest absolute Gasteiger partial charge is 0.335 e. The summed E-state index contributed by atoms with van der Waals surface area (Å²) in [6.07, 6.45) is -8.26. The zero-order valence-corrected chi connectivity index (χ0v) is 15.0. The number of aliphatic carboxylic acids is 1. The Kier molecular flexibility index (Phi) is 6.17. The lowest BCUT2D eigenvalue weighted by Crippen LogP contribution is -2.60. The van der Waals surface area contributed by atoms with Crippen LogP contribution < -0.4 is 5.32 Å². The zero-order valence-electron chi connectivity index (χ0n) is 15.0. The Balaban J connectivity index is 1.69. The number of nitrogens with zero attached hydrogens (tertiary/aromatic N) is 2. The van der Waals surface area contributed by atoms with E-state index in [2.05, 4.69) is 15.3 Å². The van der Waals surface area contributed by atoms with E-state index in [0.717, 1.165) is 5.69 Å². The molecule has 1 aliphatic rings. The standard InChI is InChI=1S/C18H21N3O7/c1-9-7-11(21-18(19-9)20-10-5-3-2-4-6-10)8-27-17-14(24)12(22)13(23)15(28-17)16(25)26/h2-7,12-15,17,22-24H,8H2,1H3,(H,25,26)(H,19,20,21)/t12-,13-,14+,15-,17+/m0/s1. The summed E-state index contributed by atoms with van der Waals surface area (Å²) in [6, 6.07) is 11.0. The molecule has 3 rings (SSSR count). The molecule has 0 bridgehead atoms. The minimum absolute atomic E-state index is 0.135. The van der Waals surface area contributed by atoms with Crippen LogP contribution in [0.5, 0.6) is 0 Å². The van der Waals surface area contributed by atoms with Crippen molar-refractivity contribution in [3.63, 3.8) is 0 Å². The van der Waals surface area contributed by atoms with Gasteiger partial charge in [0.05, 0.1) is 12.3 Å². The molecular formula is C18H21N3O7. The zero-order chi connectivity index (χ0) is 20.3. The first-order valence-corrected chi connectivity index (χ1v) is 8.56. The van der Waals surface area contributed by atoms with E-state index in [1.165, 1.54) is 0 Å². The van der Waals surface area contributed by atoms with E-state index in [-0.39, 0.29) is 6.61 Å². The third kappa shape index (κ3) is 4.61. The molecule has 1 fully saturated rings. The Morgan fingerprint density at radius 3 is 2.54 bits per heavy atom. The van der Waals surface area contributed by atoms with Crippen molar-refractivity contribution in [3.05, 3.63) is 47.8 Å². The van der Waals surface area contributed by atoms with E-state index in [4.69, 9.17) is 14.6 Å². The Morgan fingerprint density at radius 2 is 1.86 bits per heavy atom. The van der Waals surface area contributed by atoms with Gasteiger partial charge in [0.25, 0.3) is 0 Å². The Bertz CT molecular complexity index is 820. The summed E-state index contributed by atoms with van der Waals surface area (Å²) < 4.78 is 10.5. The normalized spacial score (nSPS) is 27.4. The summed E-state index contributed by atoms with van der Waals surface area (Å²) in [7, 11) is 0. The molecule has 150 valence electrons. The Morgan fingerprint density at radius 1 is 1.14 bits per heavy atom. The minimum atomic E-state index is -1.77. The number of carbonyl (C=O) groups is 1. The fraction of sp³-hybridized carbons (Fsp3) is 0.389. The van der Waals surface area contributed by atoms with Gasteiger partial charge in [0.15, 0.2) is 12.4 Å². The first-order valence-electron chi connectivity index (χ1n) is 8.56. The number of hydrogen-bond acceptors (Lipinski definition) is 9. The first-order chi connectivity index (χ1) is 13.3. The number of anilines is 2. The topological polar surface area (TPSA) is 154 Å². The summed E-state index contributed by atoms with van der Waals surface area (Å²) in [6.45, 7) is 1.64. The number of carboxylic acids is 1. The van der Waals surface area contributed by atoms with E-state index in [1.54, 1.807) is 13.0 Å². The number of benzene rings is 1. The van der Waals surface area contributed by atoms with Crippen molar-refractivity contribution in [1.29, 1.82) is 0 Å². The number of para-hydroxylation sites is 1. The summed E-state index contributed by atoms with van der Waals surface area (Å²) in [5.41, 5.74) is 1.91. The highest BCUT2D eigenvalue weighted by atomic mass is 16.7. The van der Waals surface area contributed by atoms with E-state index < -0.39 is 36.7 Å². The quantitative estimate of drug-likeness (QED) is 0.452. The van der Waals surface area contributed by atoms with Gasteiger partial charge in [-0.3, -0.25) is 0 Å². The minimum Gasteiger partial charge on any atom is -0.479 e. The SMILES string of the molecule is Cc1cc(CO[C@@H]2O[C@H](C(=O)O)[C@@H](O)[C@H](O)[C@H]2O)nc(Nc2ccccc2)n1. The number of aliphatic hydroxyl groups excluding tert-OH is 3. The van der Waals surface area contributed by atoms with Gasteiger partial charge in [-0.2, -0.15) is 0 Å². The third-order valence-electron chi connectivity index (χ3n) is 4.15. The molecule has 0 unspecified atom stereocenters. The fourth-order valence-electron chi connectivity index (χ4n) is 2.77. The first kappa shape index (κ1) is 20.1. The van der Waals surface area contributed by atoms with Gasteiger partial charge >= 0.3 is 5.97 Å². The lowest BCUT2D eigenvalue weighted by atomic mass is 9.99. The van der Waals surface area contributed by atoms with Gasteiger partial charge in [0.1, 0.15) is 18.3 Å². The predicted octanol–water partition coefficient (Wildman–Crippen LogP) is -0.0626. The third-order valence-corrected chi connectivity index (χ3v) is 4.15. The molecule has 0 amide bonds. The number of nitrogens with one attached hydrogen (secondary N) is 1. The molecule has 0 saturated carbocycles. The molecule has 5 atom stereocenters. The number of hydrogen-bond donors (Lipinski definition) is 5. The van der Waals surface area contributed by atoms with Crippen LogP contribution in [0.1, 0.15) is 11.4 Å². The van der Waals surface area contributed by atoms with Crippen molar-refractivity contribution in [2.45, 2.75) is 44.2 Å². The van der Waals surface area contributed by atoms with Crippen LogP contribution >= 0.6 is 0 Å². The van der Waals surface area contributed by atoms with E-state index in [0.29, 0.717) is 17.3 Å². The summed E-state index contributed by atoms with van der Waals surface area (Å²) >= 11 is 0. The van der Waals surface area contributed by atoms with Crippen LogP contribution in [0, 0.1) is 6.92 Å². The van der Waals surface area contributed by atoms with Gasteiger partial charge in [-0.25, -0.2) is 14.8 Å². The second kappa shape index (κ2) is 8.59. The number of ether oxygens (including phenoxy) is 2. The highest BCUT2D eigenvalue weighted by molar-refractivity contribution is 5.73. The molecule has 2 aromatic rings. The second-order valence-electron chi connectivity index (χ2n) is 6.36. The maximum absolute atomic E-state index is 11.1. The molecule has 5 N–H and O–H groups in total. The molecule has 1 aromatic heterocycles. The van der Waals surface area contributed by atoms with Crippen molar-refractivity contribution >= 4 is 17.6 Å². The maximum atomic E-state index is 11.1. The molecule has 10 heteroatoms. The molecular weight excluding hydrogens is 370 g/mol. The van der Waals surface area contributed by atoms with Gasteiger partial charge in [-0.1, -0.05) is 18.2 Å². The largest absolute Gasteiger partial charge is 0.479 e. The number of aliphatic hydroxyl groups is 3. The molecule has 2 heterocycles. The van der Waals surface area contributed by atoms with Crippen LogP contribution in [0.3, 0.4) is 0 Å². The van der Waals surface area contributed by atoms with Gasteiger partial charge < -0.3 is 35.2 Å². The highest BCUT2D eigenvalue weighted by Gasteiger charge is 2.47. The number of aryl methyl sites for hydroxylation is 1. The van der Waals surface area contributed by atoms with E-state index >= 15 is 0 Å². The lowest BCUT2D eigenvalue weighted by Gasteiger charge is -2.38. The molecule has 1 aliphatic heterocycles. The summed E-state index contributed by atoms with van der Waals surface area (Å²) in [5, 5.41) is 41.6. The van der Waals surface area contributed by atoms with Crippen molar-refractivity contribution in [1.82, 2.24) is 9.97 Å². The van der Waals surface area contributed by atoms with Crippen molar-refractivity contribution in [2.75, 3.05) is 5.32 Å². The van der Waals surface area contributed by atoms with Crippen LogP contribution in [-0.2, 0) is 20.9 Å². The van der Waals surface area contributed by atoms with Crippen LogP contribution in [0.25, 0.3) is 0 Å². The molecule has 28 heavy (non-hydrogen) atoms. The van der Waals surface area contributed by atoms with Gasteiger partial charge in [-0.15, -0.1) is 0 Å². The fourth-order valence-corrected chi connectivity index (χ4v) is 2.77. The Hall–Kier alpha value is -2.63. The predicted molar refractivity (Wildman–Crippen MR) is 95.6 cm³/mol. The van der Waals surface area contributed by atoms with Gasteiger partial charge in [-0.05, 0) is 25.1 Å². The lowest BCUT2D eigenvalue weighted by molar-refractivity contribution is -0.297. The average molecular weight is 391 g/mol. The van der Waals surface area contributed by atoms with Gasteiger partial charge in [0, 0.05) is 11.4 Å². The van der Waals surface area contributed by atoms with Crippen molar-refractivity contribution in [3.8, 4) is 0 Å². The molecule has 1 aromatic carbocycles. The number of carboxylic acid groups (broad SMARTS) is 1. The number of rotatable bonds is 6. The van der Waals surface area contributed by atoms with Crippen LogP contribution in [0.2, 0.25) is 0 Å². The maximum Gasteiger partial charge on any atom is 0.335 e. The average Bonchev–Trinajstić information content (AvgIpc) is 2.66. The molecule has 10 nitrogen and oxygen atoms in total. The van der Waals surface area contributed by atoms with Crippen molar-refractivity contribution < 1.29 is 34.7 Å². The number of aromatic nitrogens is 2. The van der Waals surface area contributed by atoms with Crippen molar-refractivity contribution in [2.24, 2.45) is 0 Å². The van der Waals surface area contributed by atoms with Crippen LogP contribution in [-0.4, -0.2) is 67.1 Å². The van der Waals surface area contributed by atoms with E-state index in [9.17, 15) is 20.1 Å². The second-order valence-corrected chi connectivity index (χ2v) is 6.36. The summed E-state index contributed by atoms with van der Waals surface area (Å²) in [5.74, 6) is -1.13. The van der Waals surface area contributed by atoms with Gasteiger partial charge in [0.2, 0.25) is 5.95 Å². The molecule has 1 saturated heterocycles.